The van der Waals surface area contributed by atoms with Gasteiger partial charge >= 0.3 is 0 Å². The Balaban J connectivity index is 2.11. The maximum atomic E-state index is 11.9. The maximum absolute atomic E-state index is 11.9. The summed E-state index contributed by atoms with van der Waals surface area (Å²) in [5.41, 5.74) is 0. The molecule has 0 bridgehead atoms. The number of halogens is 1. The minimum atomic E-state index is -3.03. The summed E-state index contributed by atoms with van der Waals surface area (Å²) < 4.78 is 27.7. The van der Waals surface area contributed by atoms with Gasteiger partial charge in [0.1, 0.15) is 0 Å². The van der Waals surface area contributed by atoms with Crippen molar-refractivity contribution in [1.29, 1.82) is 0 Å². The van der Waals surface area contributed by atoms with Crippen molar-refractivity contribution in [2.75, 3.05) is 16.7 Å². The van der Waals surface area contributed by atoms with Crippen LogP contribution in [0.15, 0.2) is 0 Å². The lowest BCUT2D eigenvalue weighted by Crippen LogP contribution is -2.31. The van der Waals surface area contributed by atoms with Gasteiger partial charge in [-0.25, -0.2) is 13.1 Å². The molecule has 0 atom stereocenters. The van der Waals surface area contributed by atoms with Gasteiger partial charge < -0.3 is 0 Å². The zero-order valence-corrected chi connectivity index (χ0v) is 14.1. The second-order valence-electron chi connectivity index (χ2n) is 5.28. The third kappa shape index (κ3) is 7.94. The molecule has 0 spiro atoms. The van der Waals surface area contributed by atoms with E-state index in [2.05, 4.69) is 27.3 Å². The second-order valence-corrected chi connectivity index (χ2v) is 8.21. The van der Waals surface area contributed by atoms with E-state index in [1.807, 2.05) is 0 Å². The van der Waals surface area contributed by atoms with Gasteiger partial charge in [-0.05, 0) is 36.0 Å². The van der Waals surface area contributed by atoms with Gasteiger partial charge in [0.15, 0.2) is 0 Å². The van der Waals surface area contributed by atoms with Crippen molar-refractivity contribution in [1.82, 2.24) is 4.72 Å². The molecule has 0 aliphatic heterocycles. The quantitative estimate of drug-likeness (QED) is 0.374. The first kappa shape index (κ1) is 16.7. The standard InChI is InChI=1S/C13H26INO2S/c14-10-6-1-2-7-11-15-18(16,17)12-13-8-4-3-5-9-13/h13,15H,1-12H2. The third-order valence-electron chi connectivity index (χ3n) is 3.56. The van der Waals surface area contributed by atoms with Gasteiger partial charge in [-0.2, -0.15) is 0 Å². The highest BCUT2D eigenvalue weighted by Crippen LogP contribution is 2.24. The molecule has 0 aromatic carbocycles. The lowest BCUT2D eigenvalue weighted by molar-refractivity contribution is 0.384. The molecule has 18 heavy (non-hydrogen) atoms. The zero-order valence-electron chi connectivity index (χ0n) is 11.2. The molecule has 1 saturated carbocycles. The summed E-state index contributed by atoms with van der Waals surface area (Å²) >= 11 is 2.38. The van der Waals surface area contributed by atoms with E-state index < -0.39 is 10.0 Å². The van der Waals surface area contributed by atoms with E-state index in [0.29, 0.717) is 18.2 Å². The Bertz CT molecular complexity index is 300. The molecule has 0 aromatic heterocycles. The van der Waals surface area contributed by atoms with Crippen molar-refractivity contribution >= 4 is 32.6 Å². The van der Waals surface area contributed by atoms with E-state index in [9.17, 15) is 8.42 Å². The molecule has 1 aliphatic carbocycles. The smallest absolute Gasteiger partial charge is 0.211 e. The van der Waals surface area contributed by atoms with E-state index in [4.69, 9.17) is 0 Å². The summed E-state index contributed by atoms with van der Waals surface area (Å²) in [6, 6.07) is 0. The molecule has 0 radical (unpaired) electrons. The molecule has 0 amide bonds. The zero-order chi connectivity index (χ0) is 13.3. The predicted molar refractivity (Wildman–Crippen MR) is 85.7 cm³/mol. The average Bonchev–Trinajstić information content (AvgIpc) is 2.34. The highest BCUT2D eigenvalue weighted by atomic mass is 127. The molecule has 1 rings (SSSR count). The second kappa shape index (κ2) is 9.53. The summed E-state index contributed by atoms with van der Waals surface area (Å²) in [5, 5.41) is 0. The Hall–Kier alpha value is 0.640. The Morgan fingerprint density at radius 3 is 2.33 bits per heavy atom. The average molecular weight is 387 g/mol. The predicted octanol–water partition coefficient (Wildman–Crippen LogP) is 3.48. The van der Waals surface area contributed by atoms with Gasteiger partial charge in [0.25, 0.3) is 0 Å². The highest BCUT2D eigenvalue weighted by Gasteiger charge is 2.20. The fourth-order valence-electron chi connectivity index (χ4n) is 2.52. The Morgan fingerprint density at radius 1 is 1.00 bits per heavy atom. The molecule has 0 heterocycles. The largest absolute Gasteiger partial charge is 0.215 e. The van der Waals surface area contributed by atoms with Crippen molar-refractivity contribution in [3.05, 3.63) is 0 Å². The van der Waals surface area contributed by atoms with Gasteiger partial charge in [0, 0.05) is 6.54 Å². The summed E-state index contributed by atoms with van der Waals surface area (Å²) in [4.78, 5) is 0. The Labute approximate surface area is 126 Å². The third-order valence-corrected chi connectivity index (χ3v) is 5.88. The van der Waals surface area contributed by atoms with Crippen LogP contribution < -0.4 is 4.72 Å². The van der Waals surface area contributed by atoms with Crippen LogP contribution in [0.4, 0.5) is 0 Å². The summed E-state index contributed by atoms with van der Waals surface area (Å²) in [6.45, 7) is 0.621. The van der Waals surface area contributed by atoms with Crippen LogP contribution in [0, 0.1) is 5.92 Å². The summed E-state index contributed by atoms with van der Waals surface area (Å²) in [7, 11) is -3.03. The van der Waals surface area contributed by atoms with Gasteiger partial charge in [-0.3, -0.25) is 0 Å². The molecule has 3 nitrogen and oxygen atoms in total. The first-order valence-corrected chi connectivity index (χ1v) is 10.3. The molecule has 1 N–H and O–H groups in total. The van der Waals surface area contributed by atoms with Crippen LogP contribution in [0.1, 0.15) is 57.8 Å². The first-order chi connectivity index (χ1) is 8.64. The monoisotopic (exact) mass is 387 g/mol. The normalized spacial score (nSPS) is 18.1. The molecular formula is C13H26INO2S. The highest BCUT2D eigenvalue weighted by molar-refractivity contribution is 14.1. The Morgan fingerprint density at radius 2 is 1.67 bits per heavy atom. The number of hydrogen-bond acceptors (Lipinski definition) is 2. The minimum absolute atomic E-state index is 0.348. The van der Waals surface area contributed by atoms with E-state index >= 15 is 0 Å². The van der Waals surface area contributed by atoms with Crippen LogP contribution in [-0.2, 0) is 10.0 Å². The topological polar surface area (TPSA) is 46.2 Å². The number of alkyl halides is 1. The van der Waals surface area contributed by atoms with Crippen LogP contribution >= 0.6 is 22.6 Å². The SMILES string of the molecule is O=S(=O)(CC1CCCCC1)NCCCCCCI. The van der Waals surface area contributed by atoms with Crippen LogP contribution in [-0.4, -0.2) is 25.1 Å². The van der Waals surface area contributed by atoms with Crippen molar-refractivity contribution < 1.29 is 8.42 Å². The van der Waals surface area contributed by atoms with Crippen molar-refractivity contribution in [2.24, 2.45) is 5.92 Å². The molecule has 108 valence electrons. The molecule has 0 saturated heterocycles. The lowest BCUT2D eigenvalue weighted by atomic mass is 9.91. The van der Waals surface area contributed by atoms with E-state index in [1.165, 1.54) is 36.5 Å². The molecule has 0 aromatic rings. The van der Waals surface area contributed by atoms with E-state index in [1.54, 1.807) is 0 Å². The fraction of sp³-hybridized carbons (Fsp3) is 1.00. The van der Waals surface area contributed by atoms with Crippen LogP contribution in [0.25, 0.3) is 0 Å². The Kier molecular flexibility index (Phi) is 8.84. The van der Waals surface area contributed by atoms with E-state index in [-0.39, 0.29) is 0 Å². The maximum Gasteiger partial charge on any atom is 0.211 e. The summed E-state index contributed by atoms with van der Waals surface area (Å²) in [5.74, 6) is 0.746. The molecule has 1 aliphatic rings. The van der Waals surface area contributed by atoms with Crippen LogP contribution in [0.5, 0.6) is 0 Å². The van der Waals surface area contributed by atoms with Gasteiger partial charge in [0.2, 0.25) is 10.0 Å². The minimum Gasteiger partial charge on any atom is -0.215 e. The number of unbranched alkanes of at least 4 members (excludes halogenated alkanes) is 3. The lowest BCUT2D eigenvalue weighted by Gasteiger charge is -2.21. The summed E-state index contributed by atoms with van der Waals surface area (Å²) in [6.07, 6.45) is 10.4. The van der Waals surface area contributed by atoms with Gasteiger partial charge in [0.05, 0.1) is 5.75 Å². The van der Waals surface area contributed by atoms with E-state index in [0.717, 1.165) is 25.7 Å². The molecule has 0 unspecified atom stereocenters. The number of rotatable bonds is 9. The molecule has 1 fully saturated rings. The van der Waals surface area contributed by atoms with Gasteiger partial charge in [-0.1, -0.05) is 54.7 Å². The van der Waals surface area contributed by atoms with Crippen LogP contribution in [0.2, 0.25) is 0 Å². The number of nitrogens with one attached hydrogen (secondary N) is 1. The van der Waals surface area contributed by atoms with Crippen molar-refractivity contribution in [3.8, 4) is 0 Å². The molecular weight excluding hydrogens is 361 g/mol. The van der Waals surface area contributed by atoms with Gasteiger partial charge in [-0.15, -0.1) is 0 Å². The number of hydrogen-bond donors (Lipinski definition) is 1. The van der Waals surface area contributed by atoms with Crippen molar-refractivity contribution in [3.63, 3.8) is 0 Å². The number of sulfonamides is 1. The van der Waals surface area contributed by atoms with Crippen molar-refractivity contribution in [2.45, 2.75) is 57.8 Å². The van der Waals surface area contributed by atoms with Crippen LogP contribution in [0.3, 0.4) is 0 Å². The first-order valence-electron chi connectivity index (χ1n) is 7.17. The molecule has 5 heteroatoms. The fourth-order valence-corrected chi connectivity index (χ4v) is 4.59.